The van der Waals surface area contributed by atoms with Gasteiger partial charge in [-0.25, -0.2) is 0 Å². The number of thiophene rings is 1. The van der Waals surface area contributed by atoms with E-state index in [2.05, 4.69) is 9.59 Å². The summed E-state index contributed by atoms with van der Waals surface area (Å²) in [6.45, 7) is 0. The van der Waals surface area contributed by atoms with Crippen LogP contribution in [0.1, 0.15) is 9.67 Å². The zero-order chi connectivity index (χ0) is 9.26. The molecule has 66 valence electrons. The minimum absolute atomic E-state index is 0.419. The summed E-state index contributed by atoms with van der Waals surface area (Å²) in [6, 6.07) is 3.78. The number of primary amides is 1. The molecule has 2 aromatic rings. The molecule has 0 spiro atoms. The molecule has 0 bridgehead atoms. The van der Waals surface area contributed by atoms with Crippen LogP contribution in [-0.4, -0.2) is 15.5 Å². The quantitative estimate of drug-likeness (QED) is 0.815. The van der Waals surface area contributed by atoms with Crippen LogP contribution >= 0.6 is 22.9 Å². The second-order valence-corrected chi connectivity index (χ2v) is 3.99. The van der Waals surface area contributed by atoms with Crippen LogP contribution in [0, 0.1) is 0 Å². The maximum Gasteiger partial charge on any atom is 0.262 e. The Morgan fingerprint density at radius 2 is 2.38 bits per heavy atom. The SMILES string of the molecule is NC(=O)c1snnc1-c1cccs1. The van der Waals surface area contributed by atoms with E-state index in [9.17, 15) is 4.79 Å². The number of hydrogen-bond acceptors (Lipinski definition) is 5. The van der Waals surface area contributed by atoms with Gasteiger partial charge in [0, 0.05) is 0 Å². The number of nitrogens with zero attached hydrogens (tertiary/aromatic N) is 2. The highest BCUT2D eigenvalue weighted by atomic mass is 32.1. The van der Waals surface area contributed by atoms with Gasteiger partial charge in [0.25, 0.3) is 5.91 Å². The summed E-state index contributed by atoms with van der Waals surface area (Å²) in [6.07, 6.45) is 0. The highest BCUT2D eigenvalue weighted by Gasteiger charge is 2.15. The van der Waals surface area contributed by atoms with E-state index in [0.29, 0.717) is 10.6 Å². The van der Waals surface area contributed by atoms with Gasteiger partial charge in [-0.1, -0.05) is 10.6 Å². The van der Waals surface area contributed by atoms with Crippen LogP contribution in [0.2, 0.25) is 0 Å². The van der Waals surface area contributed by atoms with Gasteiger partial charge in [0.15, 0.2) is 0 Å². The van der Waals surface area contributed by atoms with Gasteiger partial charge in [-0.15, -0.1) is 16.4 Å². The summed E-state index contributed by atoms with van der Waals surface area (Å²) < 4.78 is 3.70. The average Bonchev–Trinajstić information content (AvgIpc) is 2.74. The van der Waals surface area contributed by atoms with Crippen LogP contribution in [0.15, 0.2) is 17.5 Å². The Hall–Kier alpha value is -1.27. The lowest BCUT2D eigenvalue weighted by molar-refractivity contribution is 0.100. The molecular formula is C7H5N3OS2. The molecule has 0 atom stereocenters. The van der Waals surface area contributed by atoms with Crippen molar-refractivity contribution in [2.75, 3.05) is 0 Å². The molecule has 0 aromatic carbocycles. The molecular weight excluding hydrogens is 206 g/mol. The molecule has 0 unspecified atom stereocenters. The van der Waals surface area contributed by atoms with Crippen LogP contribution in [0.3, 0.4) is 0 Å². The molecule has 0 aliphatic carbocycles. The summed E-state index contributed by atoms with van der Waals surface area (Å²) in [5.41, 5.74) is 5.75. The maximum absolute atomic E-state index is 10.9. The van der Waals surface area contributed by atoms with Crippen molar-refractivity contribution >= 4 is 28.8 Å². The Labute approximate surface area is 82.2 Å². The van der Waals surface area contributed by atoms with E-state index in [4.69, 9.17) is 5.73 Å². The molecule has 0 fully saturated rings. The molecule has 2 heterocycles. The van der Waals surface area contributed by atoms with Crippen LogP contribution in [-0.2, 0) is 0 Å². The molecule has 2 rings (SSSR count). The Morgan fingerprint density at radius 3 is 3.00 bits per heavy atom. The third-order valence-corrected chi connectivity index (χ3v) is 3.08. The van der Waals surface area contributed by atoms with Crippen molar-refractivity contribution in [3.05, 3.63) is 22.4 Å². The van der Waals surface area contributed by atoms with E-state index >= 15 is 0 Å². The molecule has 2 N–H and O–H groups in total. The van der Waals surface area contributed by atoms with Gasteiger partial charge in [-0.05, 0) is 23.0 Å². The Kier molecular flexibility index (Phi) is 2.07. The van der Waals surface area contributed by atoms with Gasteiger partial charge in [-0.2, -0.15) is 0 Å². The third-order valence-electron chi connectivity index (χ3n) is 1.47. The molecule has 0 aliphatic rings. The predicted octanol–water partition coefficient (Wildman–Crippen LogP) is 1.37. The van der Waals surface area contributed by atoms with Gasteiger partial charge < -0.3 is 5.73 Å². The minimum Gasteiger partial charge on any atom is -0.365 e. The standard InChI is InChI=1S/C7H5N3OS2/c8-7(11)6-5(9-10-13-6)4-2-1-3-12-4/h1-3H,(H2,8,11). The lowest BCUT2D eigenvalue weighted by Crippen LogP contribution is -2.09. The summed E-state index contributed by atoms with van der Waals surface area (Å²) in [5.74, 6) is -0.474. The van der Waals surface area contributed by atoms with Crippen molar-refractivity contribution in [1.82, 2.24) is 9.59 Å². The van der Waals surface area contributed by atoms with Crippen LogP contribution in [0.5, 0.6) is 0 Å². The van der Waals surface area contributed by atoms with Crippen molar-refractivity contribution in [2.24, 2.45) is 5.73 Å². The summed E-state index contributed by atoms with van der Waals surface area (Å²) in [5, 5.41) is 5.77. The van der Waals surface area contributed by atoms with Crippen molar-refractivity contribution in [2.45, 2.75) is 0 Å². The molecule has 0 aliphatic heterocycles. The van der Waals surface area contributed by atoms with Gasteiger partial charge in [0.1, 0.15) is 10.6 Å². The summed E-state index contributed by atoms with van der Waals surface area (Å²) in [7, 11) is 0. The molecule has 4 nitrogen and oxygen atoms in total. The fraction of sp³-hybridized carbons (Fsp3) is 0. The van der Waals surface area contributed by atoms with Gasteiger partial charge >= 0.3 is 0 Å². The fourth-order valence-electron chi connectivity index (χ4n) is 0.927. The second kappa shape index (κ2) is 3.23. The topological polar surface area (TPSA) is 68.9 Å². The smallest absolute Gasteiger partial charge is 0.262 e. The van der Waals surface area contributed by atoms with Gasteiger partial charge in [0.05, 0.1) is 4.88 Å². The van der Waals surface area contributed by atoms with Crippen molar-refractivity contribution in [3.63, 3.8) is 0 Å². The molecule has 0 saturated carbocycles. The van der Waals surface area contributed by atoms with E-state index in [1.807, 2.05) is 17.5 Å². The summed E-state index contributed by atoms with van der Waals surface area (Å²) >= 11 is 2.54. The first kappa shape index (κ1) is 8.33. The van der Waals surface area contributed by atoms with E-state index < -0.39 is 5.91 Å². The maximum atomic E-state index is 10.9. The molecule has 1 amide bonds. The van der Waals surface area contributed by atoms with Crippen LogP contribution in [0.4, 0.5) is 0 Å². The van der Waals surface area contributed by atoms with Crippen LogP contribution < -0.4 is 5.73 Å². The predicted molar refractivity (Wildman–Crippen MR) is 51.7 cm³/mol. The van der Waals surface area contributed by atoms with E-state index in [1.54, 1.807) is 0 Å². The average molecular weight is 211 g/mol. The van der Waals surface area contributed by atoms with Crippen molar-refractivity contribution in [1.29, 1.82) is 0 Å². The largest absolute Gasteiger partial charge is 0.365 e. The van der Waals surface area contributed by atoms with E-state index in [0.717, 1.165) is 16.4 Å². The minimum atomic E-state index is -0.474. The normalized spacial score (nSPS) is 10.2. The number of carbonyl (C=O) groups is 1. The highest BCUT2D eigenvalue weighted by molar-refractivity contribution is 7.14. The molecule has 6 heteroatoms. The zero-order valence-corrected chi connectivity index (χ0v) is 8.06. The molecule has 0 radical (unpaired) electrons. The van der Waals surface area contributed by atoms with Crippen molar-refractivity contribution < 1.29 is 4.79 Å². The number of nitrogens with two attached hydrogens (primary N) is 1. The molecule has 13 heavy (non-hydrogen) atoms. The Balaban J connectivity index is 2.52. The zero-order valence-electron chi connectivity index (χ0n) is 6.43. The number of amides is 1. The van der Waals surface area contributed by atoms with Crippen molar-refractivity contribution in [3.8, 4) is 10.6 Å². The second-order valence-electron chi connectivity index (χ2n) is 2.29. The monoisotopic (exact) mass is 211 g/mol. The summed E-state index contributed by atoms with van der Waals surface area (Å²) in [4.78, 5) is 12.3. The number of carbonyl (C=O) groups excluding carboxylic acids is 1. The van der Waals surface area contributed by atoms with E-state index in [-0.39, 0.29) is 0 Å². The Morgan fingerprint density at radius 1 is 1.54 bits per heavy atom. The van der Waals surface area contributed by atoms with Gasteiger partial charge in [0.2, 0.25) is 0 Å². The lowest BCUT2D eigenvalue weighted by Gasteiger charge is -1.91. The first-order valence-corrected chi connectivity index (χ1v) is 5.10. The third kappa shape index (κ3) is 1.45. The van der Waals surface area contributed by atoms with Gasteiger partial charge in [-0.3, -0.25) is 4.79 Å². The fourth-order valence-corrected chi connectivity index (χ4v) is 2.24. The highest BCUT2D eigenvalue weighted by Crippen LogP contribution is 2.27. The molecule has 2 aromatic heterocycles. The number of aromatic nitrogens is 2. The van der Waals surface area contributed by atoms with Crippen LogP contribution in [0.25, 0.3) is 10.6 Å². The first-order valence-electron chi connectivity index (χ1n) is 3.45. The number of rotatable bonds is 2. The lowest BCUT2D eigenvalue weighted by atomic mass is 10.3. The van der Waals surface area contributed by atoms with E-state index in [1.165, 1.54) is 11.3 Å². The Bertz CT molecular complexity index is 421. The first-order chi connectivity index (χ1) is 6.29. The molecule has 0 saturated heterocycles. The number of hydrogen-bond donors (Lipinski definition) is 1.